The molecular weight excluding hydrogens is 510 g/mol. The van der Waals surface area contributed by atoms with E-state index in [4.69, 9.17) is 5.26 Å². The van der Waals surface area contributed by atoms with Crippen molar-refractivity contribution in [2.75, 3.05) is 41.7 Å². The molecule has 0 bridgehead atoms. The molecule has 0 unspecified atom stereocenters. The van der Waals surface area contributed by atoms with Gasteiger partial charge in [0.15, 0.2) is 6.19 Å². The fourth-order valence-corrected chi connectivity index (χ4v) is 3.69. The summed E-state index contributed by atoms with van der Waals surface area (Å²) >= 11 is 6.94. The summed E-state index contributed by atoms with van der Waals surface area (Å²) in [5.74, 6) is 1.19. The van der Waals surface area contributed by atoms with E-state index in [9.17, 15) is 0 Å². The van der Waals surface area contributed by atoms with Crippen LogP contribution in [0, 0.1) is 11.5 Å². The van der Waals surface area contributed by atoms with Crippen LogP contribution >= 0.6 is 31.9 Å². The highest BCUT2D eigenvalue weighted by atomic mass is 79.9. The Balaban J connectivity index is 1.43. The van der Waals surface area contributed by atoms with Crippen molar-refractivity contribution in [1.29, 1.82) is 5.26 Å². The first-order valence-corrected chi connectivity index (χ1v) is 11.0. The van der Waals surface area contributed by atoms with Gasteiger partial charge in [-0.1, -0.05) is 15.9 Å². The average Bonchev–Trinajstić information content (AvgIpc) is 2.78. The van der Waals surface area contributed by atoms with Gasteiger partial charge < -0.3 is 20.4 Å². The van der Waals surface area contributed by atoms with E-state index in [1.165, 1.54) is 0 Å². The van der Waals surface area contributed by atoms with Gasteiger partial charge in [0.1, 0.15) is 5.82 Å². The molecule has 1 fully saturated rings. The second-order valence-electron chi connectivity index (χ2n) is 6.77. The third kappa shape index (κ3) is 5.01. The molecular formula is C21H19Br2N7. The maximum absolute atomic E-state index is 8.98. The van der Waals surface area contributed by atoms with Crippen LogP contribution in [0.4, 0.5) is 28.8 Å². The molecule has 0 spiro atoms. The van der Waals surface area contributed by atoms with Gasteiger partial charge in [0, 0.05) is 53.9 Å². The number of halogens is 2. The Labute approximate surface area is 192 Å². The molecule has 1 aliphatic heterocycles. The van der Waals surface area contributed by atoms with Gasteiger partial charge in [-0.15, -0.1) is 0 Å². The van der Waals surface area contributed by atoms with Gasteiger partial charge in [0.25, 0.3) is 0 Å². The zero-order valence-electron chi connectivity index (χ0n) is 16.0. The summed E-state index contributed by atoms with van der Waals surface area (Å²) in [5.41, 5.74) is 2.99. The predicted octanol–water partition coefficient (Wildman–Crippen LogP) is 5.09. The number of nitrogens with zero attached hydrogens (tertiary/aromatic N) is 5. The summed E-state index contributed by atoms with van der Waals surface area (Å²) in [5, 5.41) is 15.5. The summed E-state index contributed by atoms with van der Waals surface area (Å²) < 4.78 is 1.80. The van der Waals surface area contributed by atoms with Crippen LogP contribution in [0.25, 0.3) is 0 Å². The lowest BCUT2D eigenvalue weighted by atomic mass is 10.2. The molecule has 1 aromatic heterocycles. The number of nitrogens with one attached hydrogen (secondary N) is 2. The molecule has 0 radical (unpaired) electrons. The van der Waals surface area contributed by atoms with E-state index in [2.05, 4.69) is 75.7 Å². The molecule has 0 amide bonds. The van der Waals surface area contributed by atoms with Crippen LogP contribution < -0.4 is 15.5 Å². The molecule has 4 rings (SSSR count). The molecule has 0 atom stereocenters. The lowest BCUT2D eigenvalue weighted by molar-refractivity contribution is 0.363. The topological polar surface area (TPSA) is 80.1 Å². The SMILES string of the molecule is N#CN1CCN(c2ccc(Nc3ncc(Br)c(Nc4ccc(Br)cc4)n3)cc2)CC1. The number of anilines is 5. The standard InChI is InChI=1S/C21H19Br2N7/c22-15-1-3-16(4-2-15)26-20-19(23)13-25-21(28-20)27-17-5-7-18(8-6-17)30-11-9-29(14-24)10-12-30/h1-8,13H,9-12H2,(H2,25,26,27,28). The summed E-state index contributed by atoms with van der Waals surface area (Å²) in [4.78, 5) is 13.0. The summed E-state index contributed by atoms with van der Waals surface area (Å²) in [6.07, 6.45) is 3.93. The van der Waals surface area contributed by atoms with Crippen LogP contribution in [0.2, 0.25) is 0 Å². The number of piperazine rings is 1. The molecule has 30 heavy (non-hydrogen) atoms. The van der Waals surface area contributed by atoms with Crippen molar-refractivity contribution in [1.82, 2.24) is 14.9 Å². The van der Waals surface area contributed by atoms with Crippen molar-refractivity contribution >= 4 is 60.7 Å². The molecule has 9 heteroatoms. The van der Waals surface area contributed by atoms with Crippen LogP contribution in [0.15, 0.2) is 63.7 Å². The van der Waals surface area contributed by atoms with E-state index in [0.29, 0.717) is 11.8 Å². The Hall–Kier alpha value is -2.83. The Kier molecular flexibility index (Phi) is 6.35. The molecule has 2 N–H and O–H groups in total. The van der Waals surface area contributed by atoms with E-state index in [1.807, 2.05) is 36.4 Å². The van der Waals surface area contributed by atoms with E-state index < -0.39 is 0 Å². The van der Waals surface area contributed by atoms with Crippen LogP contribution in [0.5, 0.6) is 0 Å². The highest BCUT2D eigenvalue weighted by molar-refractivity contribution is 9.10. The van der Waals surface area contributed by atoms with Crippen molar-refractivity contribution in [3.8, 4) is 6.19 Å². The predicted molar refractivity (Wildman–Crippen MR) is 126 cm³/mol. The smallest absolute Gasteiger partial charge is 0.229 e. The zero-order valence-corrected chi connectivity index (χ0v) is 19.2. The van der Waals surface area contributed by atoms with E-state index in [1.54, 1.807) is 11.1 Å². The average molecular weight is 529 g/mol. The Morgan fingerprint density at radius 2 is 1.50 bits per heavy atom. The normalized spacial score (nSPS) is 13.6. The van der Waals surface area contributed by atoms with Crippen LogP contribution in [-0.2, 0) is 0 Å². The molecule has 152 valence electrons. The van der Waals surface area contributed by atoms with Gasteiger partial charge in [0.2, 0.25) is 5.95 Å². The lowest BCUT2D eigenvalue weighted by Crippen LogP contribution is -2.44. The van der Waals surface area contributed by atoms with E-state index in [-0.39, 0.29) is 0 Å². The third-order valence-corrected chi connectivity index (χ3v) is 5.87. The Morgan fingerprint density at radius 1 is 0.867 bits per heavy atom. The molecule has 2 heterocycles. The first-order valence-electron chi connectivity index (χ1n) is 9.42. The lowest BCUT2D eigenvalue weighted by Gasteiger charge is -2.33. The summed E-state index contributed by atoms with van der Waals surface area (Å²) in [6, 6.07) is 16.1. The van der Waals surface area contributed by atoms with Gasteiger partial charge in [-0.25, -0.2) is 4.98 Å². The van der Waals surface area contributed by atoms with Crippen molar-refractivity contribution in [3.05, 3.63) is 63.7 Å². The maximum atomic E-state index is 8.98. The van der Waals surface area contributed by atoms with Gasteiger partial charge in [-0.3, -0.25) is 0 Å². The van der Waals surface area contributed by atoms with Gasteiger partial charge in [-0.05, 0) is 64.5 Å². The molecule has 7 nitrogen and oxygen atoms in total. The highest BCUT2D eigenvalue weighted by Crippen LogP contribution is 2.27. The van der Waals surface area contributed by atoms with Gasteiger partial charge >= 0.3 is 0 Å². The zero-order chi connectivity index (χ0) is 20.9. The van der Waals surface area contributed by atoms with E-state index >= 15 is 0 Å². The quantitative estimate of drug-likeness (QED) is 0.446. The number of hydrogen-bond donors (Lipinski definition) is 2. The first kappa shape index (κ1) is 20.4. The van der Waals surface area contributed by atoms with E-state index in [0.717, 1.165) is 52.2 Å². The molecule has 1 aliphatic rings. The largest absolute Gasteiger partial charge is 0.368 e. The van der Waals surface area contributed by atoms with Crippen molar-refractivity contribution in [3.63, 3.8) is 0 Å². The molecule has 0 aliphatic carbocycles. The molecule has 2 aromatic carbocycles. The van der Waals surface area contributed by atoms with Gasteiger partial charge in [0.05, 0.1) is 4.47 Å². The number of nitriles is 1. The fraction of sp³-hybridized carbons (Fsp3) is 0.190. The van der Waals surface area contributed by atoms with Crippen LogP contribution in [0.3, 0.4) is 0 Å². The number of aromatic nitrogens is 2. The molecule has 3 aromatic rings. The number of benzene rings is 2. The summed E-state index contributed by atoms with van der Waals surface area (Å²) in [7, 11) is 0. The number of hydrogen-bond acceptors (Lipinski definition) is 7. The highest BCUT2D eigenvalue weighted by Gasteiger charge is 2.16. The van der Waals surface area contributed by atoms with Crippen molar-refractivity contribution in [2.45, 2.75) is 0 Å². The minimum Gasteiger partial charge on any atom is -0.368 e. The summed E-state index contributed by atoms with van der Waals surface area (Å²) in [6.45, 7) is 3.22. The monoisotopic (exact) mass is 527 g/mol. The third-order valence-electron chi connectivity index (χ3n) is 4.76. The fourth-order valence-electron chi connectivity index (χ4n) is 3.13. The van der Waals surface area contributed by atoms with Crippen molar-refractivity contribution < 1.29 is 0 Å². The molecule has 1 saturated heterocycles. The van der Waals surface area contributed by atoms with Gasteiger partial charge in [-0.2, -0.15) is 10.2 Å². The second-order valence-corrected chi connectivity index (χ2v) is 8.54. The Morgan fingerprint density at radius 3 is 2.17 bits per heavy atom. The first-order chi connectivity index (χ1) is 14.6. The Bertz CT molecular complexity index is 1040. The van der Waals surface area contributed by atoms with Crippen LogP contribution in [0.1, 0.15) is 0 Å². The second kappa shape index (κ2) is 9.32. The minimum absolute atomic E-state index is 0.508. The minimum atomic E-state index is 0.508. The number of rotatable bonds is 5. The molecule has 0 saturated carbocycles. The maximum Gasteiger partial charge on any atom is 0.229 e. The van der Waals surface area contributed by atoms with Crippen LogP contribution in [-0.4, -0.2) is 41.0 Å². The van der Waals surface area contributed by atoms with Crippen molar-refractivity contribution in [2.24, 2.45) is 0 Å².